The molecule has 1 aliphatic rings. The molecule has 0 saturated carbocycles. The second-order valence-electron chi connectivity index (χ2n) is 4.23. The summed E-state index contributed by atoms with van der Waals surface area (Å²) >= 11 is 1.71. The number of ether oxygens (including phenoxy) is 1. The maximum atomic E-state index is 13.7. The predicted molar refractivity (Wildman–Crippen MR) is 68.5 cm³/mol. The summed E-state index contributed by atoms with van der Waals surface area (Å²) in [6.07, 6.45) is 2.00. The number of carboxylic acids is 1. The SMILES string of the molecule is O=C(O)c1ccc(CSC2CCOCC2)c(F)c1. The zero-order chi connectivity index (χ0) is 13.0. The fourth-order valence-corrected chi connectivity index (χ4v) is 3.02. The van der Waals surface area contributed by atoms with Crippen molar-refractivity contribution in [1.29, 1.82) is 0 Å². The van der Waals surface area contributed by atoms with E-state index in [9.17, 15) is 9.18 Å². The molecule has 0 amide bonds. The molecule has 1 N–H and O–H groups in total. The van der Waals surface area contributed by atoms with Gasteiger partial charge in [0.25, 0.3) is 0 Å². The van der Waals surface area contributed by atoms with Gasteiger partial charge in [-0.3, -0.25) is 0 Å². The first-order valence-corrected chi connectivity index (χ1v) is 6.93. The van der Waals surface area contributed by atoms with Crippen LogP contribution in [0.5, 0.6) is 0 Å². The van der Waals surface area contributed by atoms with Crippen LogP contribution in [-0.4, -0.2) is 29.5 Å². The minimum absolute atomic E-state index is 0.00711. The summed E-state index contributed by atoms with van der Waals surface area (Å²) in [6, 6.07) is 4.10. The highest BCUT2D eigenvalue weighted by molar-refractivity contribution is 7.99. The molecule has 0 spiro atoms. The molecular weight excluding hydrogens is 255 g/mol. The van der Waals surface area contributed by atoms with Gasteiger partial charge in [0, 0.05) is 24.2 Å². The van der Waals surface area contributed by atoms with Crippen LogP contribution in [0.4, 0.5) is 4.39 Å². The Morgan fingerprint density at radius 1 is 1.44 bits per heavy atom. The van der Waals surface area contributed by atoms with Crippen molar-refractivity contribution in [2.24, 2.45) is 0 Å². The van der Waals surface area contributed by atoms with Crippen LogP contribution < -0.4 is 0 Å². The van der Waals surface area contributed by atoms with E-state index >= 15 is 0 Å². The van der Waals surface area contributed by atoms with Gasteiger partial charge >= 0.3 is 5.97 Å². The van der Waals surface area contributed by atoms with Gasteiger partial charge in [-0.15, -0.1) is 0 Å². The van der Waals surface area contributed by atoms with Crippen molar-refractivity contribution < 1.29 is 19.0 Å². The monoisotopic (exact) mass is 270 g/mol. The molecule has 0 radical (unpaired) electrons. The highest BCUT2D eigenvalue weighted by Gasteiger charge is 2.15. The van der Waals surface area contributed by atoms with Crippen LogP contribution in [0.3, 0.4) is 0 Å². The second-order valence-corrected chi connectivity index (χ2v) is 5.52. The maximum Gasteiger partial charge on any atom is 0.335 e. The van der Waals surface area contributed by atoms with Crippen molar-refractivity contribution in [3.8, 4) is 0 Å². The Labute approximate surface area is 109 Å². The lowest BCUT2D eigenvalue weighted by Gasteiger charge is -2.21. The molecule has 1 saturated heterocycles. The third-order valence-electron chi connectivity index (χ3n) is 2.94. The van der Waals surface area contributed by atoms with Crippen LogP contribution in [0.1, 0.15) is 28.8 Å². The molecule has 0 unspecified atom stereocenters. The predicted octanol–water partition coefficient (Wildman–Crippen LogP) is 2.94. The molecule has 1 aromatic carbocycles. The standard InChI is InChI=1S/C13H15FO3S/c14-12-7-9(13(15)16)1-2-10(12)8-18-11-3-5-17-6-4-11/h1-2,7,11H,3-6,8H2,(H,15,16). The van der Waals surface area contributed by atoms with Crippen molar-refractivity contribution in [2.75, 3.05) is 13.2 Å². The van der Waals surface area contributed by atoms with Crippen LogP contribution >= 0.6 is 11.8 Å². The fourth-order valence-electron chi connectivity index (χ4n) is 1.85. The fraction of sp³-hybridized carbons (Fsp3) is 0.462. The molecule has 0 atom stereocenters. The minimum Gasteiger partial charge on any atom is -0.478 e. The van der Waals surface area contributed by atoms with E-state index in [4.69, 9.17) is 9.84 Å². The molecule has 3 nitrogen and oxygen atoms in total. The van der Waals surface area contributed by atoms with Crippen molar-refractivity contribution >= 4 is 17.7 Å². The summed E-state index contributed by atoms with van der Waals surface area (Å²) in [5.41, 5.74) is 0.559. The molecule has 0 aromatic heterocycles. The largest absolute Gasteiger partial charge is 0.478 e. The van der Waals surface area contributed by atoms with Gasteiger partial charge in [0.1, 0.15) is 5.82 Å². The molecule has 1 aromatic rings. The quantitative estimate of drug-likeness (QED) is 0.913. The van der Waals surface area contributed by atoms with E-state index in [0.717, 1.165) is 32.1 Å². The average molecular weight is 270 g/mol. The van der Waals surface area contributed by atoms with Gasteiger partial charge in [-0.25, -0.2) is 9.18 Å². The summed E-state index contributed by atoms with van der Waals surface area (Å²) in [7, 11) is 0. The number of carboxylic acid groups (broad SMARTS) is 1. The van der Waals surface area contributed by atoms with Gasteiger partial charge in [0.05, 0.1) is 5.56 Å². The summed E-state index contributed by atoms with van der Waals surface area (Å²) in [6.45, 7) is 1.55. The maximum absolute atomic E-state index is 13.7. The molecule has 1 heterocycles. The van der Waals surface area contributed by atoms with Gasteiger partial charge in [-0.05, 0) is 30.5 Å². The van der Waals surface area contributed by atoms with Gasteiger partial charge in [-0.1, -0.05) is 6.07 Å². The van der Waals surface area contributed by atoms with Crippen LogP contribution in [-0.2, 0) is 10.5 Å². The Balaban J connectivity index is 1.94. The number of rotatable bonds is 4. The smallest absolute Gasteiger partial charge is 0.335 e. The van der Waals surface area contributed by atoms with Gasteiger partial charge < -0.3 is 9.84 Å². The topological polar surface area (TPSA) is 46.5 Å². The van der Waals surface area contributed by atoms with E-state index in [-0.39, 0.29) is 5.56 Å². The minimum atomic E-state index is -1.10. The molecular formula is C13H15FO3S. The summed E-state index contributed by atoms with van der Waals surface area (Å²) in [4.78, 5) is 10.7. The number of aromatic carboxylic acids is 1. The van der Waals surface area contributed by atoms with Crippen LogP contribution in [0.2, 0.25) is 0 Å². The first-order valence-electron chi connectivity index (χ1n) is 5.88. The highest BCUT2D eigenvalue weighted by atomic mass is 32.2. The normalized spacial score (nSPS) is 16.7. The Morgan fingerprint density at radius 3 is 2.78 bits per heavy atom. The molecule has 98 valence electrons. The first-order chi connectivity index (χ1) is 8.66. The number of carbonyl (C=O) groups is 1. The summed E-state index contributed by atoms with van der Waals surface area (Å²) in [5, 5.41) is 9.26. The van der Waals surface area contributed by atoms with Gasteiger partial charge in [-0.2, -0.15) is 11.8 Å². The third-order valence-corrected chi connectivity index (χ3v) is 4.36. The second kappa shape index (κ2) is 6.20. The Kier molecular flexibility index (Phi) is 4.60. The lowest BCUT2D eigenvalue weighted by molar-refractivity contribution is 0.0696. The van der Waals surface area contributed by atoms with Gasteiger partial charge in [0.15, 0.2) is 0 Å². The molecule has 2 rings (SSSR count). The molecule has 1 fully saturated rings. The molecule has 5 heteroatoms. The number of hydrogen-bond donors (Lipinski definition) is 1. The summed E-state index contributed by atoms with van der Waals surface area (Å²) in [5.74, 6) is -0.955. The van der Waals surface area contributed by atoms with Crippen LogP contribution in [0.25, 0.3) is 0 Å². The molecule has 0 aliphatic carbocycles. The number of benzene rings is 1. The van der Waals surface area contributed by atoms with E-state index in [1.54, 1.807) is 17.8 Å². The molecule has 0 bridgehead atoms. The van der Waals surface area contributed by atoms with Crippen LogP contribution in [0.15, 0.2) is 18.2 Å². The lowest BCUT2D eigenvalue weighted by Crippen LogP contribution is -2.17. The Hall–Kier alpha value is -1.07. The van der Waals surface area contributed by atoms with Crippen LogP contribution in [0, 0.1) is 5.82 Å². The summed E-state index contributed by atoms with van der Waals surface area (Å²) < 4.78 is 18.9. The first kappa shape index (κ1) is 13.4. The Morgan fingerprint density at radius 2 is 2.17 bits per heavy atom. The van der Waals surface area contributed by atoms with Crippen molar-refractivity contribution in [3.05, 3.63) is 35.1 Å². The highest BCUT2D eigenvalue weighted by Crippen LogP contribution is 2.26. The zero-order valence-electron chi connectivity index (χ0n) is 9.89. The molecule has 18 heavy (non-hydrogen) atoms. The van der Waals surface area contributed by atoms with E-state index in [1.165, 1.54) is 6.07 Å². The van der Waals surface area contributed by atoms with Crippen molar-refractivity contribution in [3.63, 3.8) is 0 Å². The number of halogens is 1. The number of thioether (sulfide) groups is 1. The van der Waals surface area contributed by atoms with E-state index in [2.05, 4.69) is 0 Å². The van der Waals surface area contributed by atoms with Crippen molar-refractivity contribution in [1.82, 2.24) is 0 Å². The van der Waals surface area contributed by atoms with E-state index in [0.29, 0.717) is 16.6 Å². The Bertz CT molecular complexity index is 430. The van der Waals surface area contributed by atoms with Gasteiger partial charge in [0.2, 0.25) is 0 Å². The molecule has 1 aliphatic heterocycles. The lowest BCUT2D eigenvalue weighted by atomic mass is 10.1. The zero-order valence-corrected chi connectivity index (χ0v) is 10.7. The van der Waals surface area contributed by atoms with E-state index < -0.39 is 11.8 Å². The van der Waals surface area contributed by atoms with Crippen molar-refractivity contribution in [2.45, 2.75) is 23.8 Å². The average Bonchev–Trinajstić information content (AvgIpc) is 2.38. The van der Waals surface area contributed by atoms with E-state index in [1.807, 2.05) is 0 Å². The number of hydrogen-bond acceptors (Lipinski definition) is 3. The third kappa shape index (κ3) is 3.46.